The highest BCUT2D eigenvalue weighted by Gasteiger charge is 2.41. The third-order valence-electron chi connectivity index (χ3n) is 4.94. The summed E-state index contributed by atoms with van der Waals surface area (Å²) >= 11 is 0. The van der Waals surface area contributed by atoms with Gasteiger partial charge in [-0.05, 0) is 49.5 Å². The fraction of sp³-hybridized carbons (Fsp3) is 0.625. The van der Waals surface area contributed by atoms with Crippen LogP contribution in [0.15, 0.2) is 23.3 Å². The lowest BCUT2D eigenvalue weighted by Crippen LogP contribution is -2.34. The van der Waals surface area contributed by atoms with Crippen molar-refractivity contribution < 1.29 is 14.3 Å². The Bertz CT molecular complexity index is 472. The van der Waals surface area contributed by atoms with Gasteiger partial charge in [-0.2, -0.15) is 0 Å². The van der Waals surface area contributed by atoms with E-state index in [0.29, 0.717) is 12.0 Å². The van der Waals surface area contributed by atoms with Crippen LogP contribution in [0.1, 0.15) is 46.0 Å². The van der Waals surface area contributed by atoms with Crippen LogP contribution in [0.25, 0.3) is 0 Å². The lowest BCUT2D eigenvalue weighted by atomic mass is 9.60. The van der Waals surface area contributed by atoms with Crippen molar-refractivity contribution in [1.29, 1.82) is 0 Å². The Balaban J connectivity index is 2.26. The van der Waals surface area contributed by atoms with E-state index in [4.69, 9.17) is 4.74 Å². The topological polar surface area (TPSA) is 43.4 Å². The second kappa shape index (κ2) is 4.95. The number of methoxy groups -OCH3 is 1. The molecular formula is C16H22O3. The SMILES string of the molecule is C=C(C(=O)OC)C1CCC2(C)CCC(=O)C(C)=C2C1. The number of allylic oxidation sites excluding steroid dienone is 2. The molecular weight excluding hydrogens is 240 g/mol. The van der Waals surface area contributed by atoms with Gasteiger partial charge < -0.3 is 4.74 Å². The highest BCUT2D eigenvalue weighted by Crippen LogP contribution is 2.51. The van der Waals surface area contributed by atoms with Crippen LogP contribution in [0.3, 0.4) is 0 Å². The van der Waals surface area contributed by atoms with Gasteiger partial charge in [-0.25, -0.2) is 4.79 Å². The number of hydrogen-bond donors (Lipinski definition) is 0. The first-order chi connectivity index (χ1) is 8.89. The number of rotatable bonds is 2. The highest BCUT2D eigenvalue weighted by atomic mass is 16.5. The van der Waals surface area contributed by atoms with Crippen molar-refractivity contribution in [3.63, 3.8) is 0 Å². The van der Waals surface area contributed by atoms with Gasteiger partial charge in [-0.15, -0.1) is 0 Å². The summed E-state index contributed by atoms with van der Waals surface area (Å²) in [6.07, 6.45) is 4.36. The molecule has 0 aromatic carbocycles. The molecule has 3 nitrogen and oxygen atoms in total. The summed E-state index contributed by atoms with van der Waals surface area (Å²) in [5.74, 6) is 0.0576. The Kier molecular flexibility index (Phi) is 3.66. The molecule has 0 heterocycles. The largest absolute Gasteiger partial charge is 0.466 e. The third-order valence-corrected chi connectivity index (χ3v) is 4.94. The van der Waals surface area contributed by atoms with Crippen molar-refractivity contribution in [2.75, 3.05) is 7.11 Å². The van der Waals surface area contributed by atoms with Crippen LogP contribution >= 0.6 is 0 Å². The predicted octanol–water partition coefficient (Wildman–Crippen LogP) is 3.20. The van der Waals surface area contributed by atoms with Crippen LogP contribution in [-0.4, -0.2) is 18.9 Å². The average Bonchev–Trinajstić information content (AvgIpc) is 2.41. The molecule has 0 aromatic heterocycles. The Morgan fingerprint density at radius 3 is 2.74 bits per heavy atom. The van der Waals surface area contributed by atoms with E-state index in [0.717, 1.165) is 31.3 Å². The number of esters is 1. The van der Waals surface area contributed by atoms with Crippen LogP contribution in [0.2, 0.25) is 0 Å². The molecule has 0 aliphatic heterocycles. The maximum absolute atomic E-state index is 11.9. The van der Waals surface area contributed by atoms with Gasteiger partial charge in [0.1, 0.15) is 0 Å². The molecule has 0 saturated heterocycles. The van der Waals surface area contributed by atoms with Crippen LogP contribution in [0, 0.1) is 11.3 Å². The zero-order valence-electron chi connectivity index (χ0n) is 12.0. The van der Waals surface area contributed by atoms with E-state index in [-0.39, 0.29) is 23.1 Å². The molecule has 3 heteroatoms. The second-order valence-corrected chi connectivity index (χ2v) is 6.04. The molecule has 1 saturated carbocycles. The quantitative estimate of drug-likeness (QED) is 0.567. The molecule has 0 spiro atoms. The molecule has 0 amide bonds. The van der Waals surface area contributed by atoms with Crippen molar-refractivity contribution in [1.82, 2.24) is 0 Å². The minimum absolute atomic E-state index is 0.122. The molecule has 1 fully saturated rings. The molecule has 2 atom stereocenters. The van der Waals surface area contributed by atoms with E-state index < -0.39 is 0 Å². The van der Waals surface area contributed by atoms with Gasteiger partial charge in [0.15, 0.2) is 5.78 Å². The number of carbonyl (C=O) groups is 2. The Labute approximate surface area is 114 Å². The monoisotopic (exact) mass is 262 g/mol. The summed E-state index contributed by atoms with van der Waals surface area (Å²) in [6, 6.07) is 0. The van der Waals surface area contributed by atoms with Crippen LogP contribution in [0.5, 0.6) is 0 Å². The first kappa shape index (κ1) is 14.0. The standard InChI is InChI=1S/C16H22O3/c1-10(15(18)19-4)12-5-7-16(3)8-6-14(17)11(2)13(16)9-12/h12H,1,5-9H2,2-4H3. The van der Waals surface area contributed by atoms with Crippen LogP contribution < -0.4 is 0 Å². The molecule has 19 heavy (non-hydrogen) atoms. The van der Waals surface area contributed by atoms with Gasteiger partial charge in [-0.1, -0.05) is 19.1 Å². The number of ether oxygens (including phenoxy) is 1. The van der Waals surface area contributed by atoms with Gasteiger partial charge in [0.2, 0.25) is 0 Å². The molecule has 2 rings (SSSR count). The Hall–Kier alpha value is -1.38. The maximum atomic E-state index is 11.9. The molecule has 0 N–H and O–H groups in total. The van der Waals surface area contributed by atoms with E-state index in [1.54, 1.807) is 0 Å². The molecule has 0 radical (unpaired) electrons. The first-order valence-electron chi connectivity index (χ1n) is 6.89. The predicted molar refractivity (Wildman–Crippen MR) is 73.5 cm³/mol. The van der Waals surface area contributed by atoms with E-state index in [1.165, 1.54) is 12.7 Å². The van der Waals surface area contributed by atoms with Gasteiger partial charge in [0.05, 0.1) is 7.11 Å². The molecule has 104 valence electrons. The summed E-state index contributed by atoms with van der Waals surface area (Å²) in [4.78, 5) is 23.5. The van der Waals surface area contributed by atoms with Crippen LogP contribution in [-0.2, 0) is 14.3 Å². The number of ketones is 1. The summed E-state index contributed by atoms with van der Waals surface area (Å²) in [5.41, 5.74) is 2.84. The van der Waals surface area contributed by atoms with Gasteiger partial charge in [0.25, 0.3) is 0 Å². The van der Waals surface area contributed by atoms with E-state index >= 15 is 0 Å². The minimum atomic E-state index is -0.325. The van der Waals surface area contributed by atoms with Gasteiger partial charge in [-0.3, -0.25) is 4.79 Å². The number of fused-ring (bicyclic) bond motifs is 1. The summed E-state index contributed by atoms with van der Waals surface area (Å²) in [5, 5.41) is 0. The smallest absolute Gasteiger partial charge is 0.333 e. The number of hydrogen-bond acceptors (Lipinski definition) is 3. The molecule has 2 aliphatic carbocycles. The summed E-state index contributed by atoms with van der Waals surface area (Å²) in [6.45, 7) is 8.05. The average molecular weight is 262 g/mol. The maximum Gasteiger partial charge on any atom is 0.333 e. The van der Waals surface area contributed by atoms with Crippen molar-refractivity contribution in [3.8, 4) is 0 Å². The van der Waals surface area contributed by atoms with Gasteiger partial charge in [0, 0.05) is 12.0 Å². The number of Topliss-reactive ketones (excluding diaryl/α,β-unsaturated/α-hetero) is 1. The van der Waals surface area contributed by atoms with E-state index in [2.05, 4.69) is 13.5 Å². The Morgan fingerprint density at radius 1 is 1.42 bits per heavy atom. The molecule has 0 aromatic rings. The molecule has 2 aliphatic rings. The summed E-state index contributed by atoms with van der Waals surface area (Å²) < 4.78 is 4.75. The lowest BCUT2D eigenvalue weighted by Gasteiger charge is -2.43. The van der Waals surface area contributed by atoms with Crippen molar-refractivity contribution in [3.05, 3.63) is 23.3 Å². The zero-order valence-corrected chi connectivity index (χ0v) is 12.0. The van der Waals surface area contributed by atoms with E-state index in [9.17, 15) is 9.59 Å². The molecule has 2 unspecified atom stereocenters. The lowest BCUT2D eigenvalue weighted by molar-refractivity contribution is -0.136. The van der Waals surface area contributed by atoms with Gasteiger partial charge >= 0.3 is 5.97 Å². The molecule has 0 bridgehead atoms. The minimum Gasteiger partial charge on any atom is -0.466 e. The van der Waals surface area contributed by atoms with Crippen molar-refractivity contribution in [2.45, 2.75) is 46.0 Å². The fourth-order valence-corrected chi connectivity index (χ4v) is 3.46. The fourth-order valence-electron chi connectivity index (χ4n) is 3.46. The van der Waals surface area contributed by atoms with Crippen LogP contribution in [0.4, 0.5) is 0 Å². The normalized spacial score (nSPS) is 30.9. The van der Waals surface area contributed by atoms with Crippen molar-refractivity contribution in [2.24, 2.45) is 11.3 Å². The first-order valence-corrected chi connectivity index (χ1v) is 6.89. The zero-order chi connectivity index (χ0) is 14.2. The summed E-state index contributed by atoms with van der Waals surface area (Å²) in [7, 11) is 1.38. The highest BCUT2D eigenvalue weighted by molar-refractivity contribution is 5.97. The third kappa shape index (κ3) is 2.38. The Morgan fingerprint density at radius 2 is 2.11 bits per heavy atom. The van der Waals surface area contributed by atoms with E-state index in [1.807, 2.05) is 6.92 Å². The number of carbonyl (C=O) groups excluding carboxylic acids is 2. The van der Waals surface area contributed by atoms with Crippen molar-refractivity contribution >= 4 is 11.8 Å². The second-order valence-electron chi connectivity index (χ2n) is 6.04.